The van der Waals surface area contributed by atoms with Crippen molar-refractivity contribution in [2.45, 2.75) is 24.8 Å². The molecule has 0 aliphatic heterocycles. The molecule has 0 amide bonds. The Kier molecular flexibility index (Phi) is 5.23. The molecule has 1 N–H and O–H groups in total. The topological polar surface area (TPSA) is 85.4 Å². The molecule has 1 aromatic heterocycles. The van der Waals surface area contributed by atoms with E-state index >= 15 is 0 Å². The number of carbonyl (C=O) groups excluding carboxylic acids is 1. The van der Waals surface area contributed by atoms with Gasteiger partial charge in [0, 0.05) is 11.9 Å². The molecule has 0 aliphatic carbocycles. The maximum atomic E-state index is 12.2. The van der Waals surface area contributed by atoms with E-state index in [9.17, 15) is 13.2 Å². The molecule has 1 heterocycles. The summed E-state index contributed by atoms with van der Waals surface area (Å²) in [5.74, 6) is -0.462. The van der Waals surface area contributed by atoms with E-state index in [4.69, 9.17) is 16.3 Å². The van der Waals surface area contributed by atoms with Crippen molar-refractivity contribution >= 4 is 33.3 Å². The summed E-state index contributed by atoms with van der Waals surface area (Å²) in [7, 11) is -3.77. The van der Waals surface area contributed by atoms with Gasteiger partial charge in [-0.3, -0.25) is 4.72 Å². The van der Waals surface area contributed by atoms with Gasteiger partial charge >= 0.3 is 5.97 Å². The number of anilines is 1. The lowest BCUT2D eigenvalue weighted by atomic mass is 10.2. The normalized spacial score (nSPS) is 11.3. The van der Waals surface area contributed by atoms with E-state index in [-0.39, 0.29) is 16.2 Å². The van der Waals surface area contributed by atoms with Crippen molar-refractivity contribution in [2.24, 2.45) is 0 Å². The van der Waals surface area contributed by atoms with Gasteiger partial charge in [0.15, 0.2) is 0 Å². The molecule has 0 unspecified atom stereocenters. The average Bonchev–Trinajstić information content (AvgIpc) is 2.47. The van der Waals surface area contributed by atoms with Crippen LogP contribution in [0.25, 0.3) is 0 Å². The third-order valence-corrected chi connectivity index (χ3v) is 4.32. The Morgan fingerprint density at radius 3 is 2.35 bits per heavy atom. The Morgan fingerprint density at radius 2 is 1.83 bits per heavy atom. The second-order valence-electron chi connectivity index (χ2n) is 4.95. The fourth-order valence-corrected chi connectivity index (χ4v) is 2.81. The molecule has 0 bridgehead atoms. The van der Waals surface area contributed by atoms with Gasteiger partial charge in [0.2, 0.25) is 0 Å². The lowest BCUT2D eigenvalue weighted by molar-refractivity contribution is 0.0378. The van der Waals surface area contributed by atoms with Crippen LogP contribution >= 0.6 is 11.6 Å². The van der Waals surface area contributed by atoms with Crippen molar-refractivity contribution in [3.05, 3.63) is 53.3 Å². The number of halogens is 1. The van der Waals surface area contributed by atoms with Gasteiger partial charge in [0.1, 0.15) is 10.0 Å². The molecule has 6 nitrogen and oxygen atoms in total. The Labute approximate surface area is 139 Å². The molecule has 8 heteroatoms. The van der Waals surface area contributed by atoms with E-state index < -0.39 is 16.0 Å². The summed E-state index contributed by atoms with van der Waals surface area (Å²) in [4.78, 5) is 15.5. The van der Waals surface area contributed by atoms with Crippen LogP contribution in [0.4, 0.5) is 5.69 Å². The highest BCUT2D eigenvalue weighted by atomic mass is 35.5. The number of ether oxygens (including phenoxy) is 1. The van der Waals surface area contributed by atoms with Crippen molar-refractivity contribution in [1.82, 2.24) is 4.98 Å². The van der Waals surface area contributed by atoms with E-state index in [2.05, 4.69) is 9.71 Å². The SMILES string of the molecule is CC(C)OC(=O)c1ccc(NS(=O)(=O)c2ccc(Cl)nc2)cc1. The molecule has 2 rings (SSSR count). The highest BCUT2D eigenvalue weighted by Crippen LogP contribution is 2.17. The third-order valence-electron chi connectivity index (χ3n) is 2.73. The second kappa shape index (κ2) is 6.97. The Bertz CT molecular complexity index is 787. The monoisotopic (exact) mass is 354 g/mol. The quantitative estimate of drug-likeness (QED) is 0.658. The smallest absolute Gasteiger partial charge is 0.338 e. The lowest BCUT2D eigenvalue weighted by Gasteiger charge is -2.10. The largest absolute Gasteiger partial charge is 0.459 e. The molecule has 0 saturated carbocycles. The van der Waals surface area contributed by atoms with Crippen LogP contribution in [-0.2, 0) is 14.8 Å². The number of nitrogens with one attached hydrogen (secondary N) is 1. The number of rotatable bonds is 5. The summed E-state index contributed by atoms with van der Waals surface area (Å²) < 4.78 is 31.8. The lowest BCUT2D eigenvalue weighted by Crippen LogP contribution is -2.14. The standard InChI is InChI=1S/C15H15ClN2O4S/c1-10(2)22-15(19)11-3-5-12(6-4-11)18-23(20,21)13-7-8-14(16)17-9-13/h3-10,18H,1-2H3. The summed E-state index contributed by atoms with van der Waals surface area (Å²) in [6.07, 6.45) is 0.942. The maximum Gasteiger partial charge on any atom is 0.338 e. The van der Waals surface area contributed by atoms with Gasteiger partial charge in [0.05, 0.1) is 11.7 Å². The van der Waals surface area contributed by atoms with Crippen LogP contribution in [0.2, 0.25) is 5.15 Å². The number of nitrogens with zero attached hydrogens (tertiary/aromatic N) is 1. The number of pyridine rings is 1. The van der Waals surface area contributed by atoms with Crippen molar-refractivity contribution in [1.29, 1.82) is 0 Å². The van der Waals surface area contributed by atoms with Gasteiger partial charge < -0.3 is 4.74 Å². The van der Waals surface area contributed by atoms with Crippen LogP contribution in [0, 0.1) is 0 Å². The summed E-state index contributed by atoms with van der Waals surface area (Å²) in [6, 6.07) is 8.69. The zero-order chi connectivity index (χ0) is 17.0. The van der Waals surface area contributed by atoms with Crippen LogP contribution in [0.5, 0.6) is 0 Å². The Hall–Kier alpha value is -2.12. The number of hydrogen-bond acceptors (Lipinski definition) is 5. The summed E-state index contributed by atoms with van der Waals surface area (Å²) in [5, 5.41) is 0.206. The fraction of sp³-hybridized carbons (Fsp3) is 0.200. The van der Waals surface area contributed by atoms with Gasteiger partial charge in [-0.1, -0.05) is 11.6 Å². The fourth-order valence-electron chi connectivity index (χ4n) is 1.69. The number of sulfonamides is 1. The van der Waals surface area contributed by atoms with E-state index in [0.717, 1.165) is 0 Å². The van der Waals surface area contributed by atoms with Gasteiger partial charge in [0.25, 0.3) is 10.0 Å². The zero-order valence-electron chi connectivity index (χ0n) is 12.5. The van der Waals surface area contributed by atoms with Crippen LogP contribution in [-0.4, -0.2) is 25.5 Å². The maximum absolute atomic E-state index is 12.2. The van der Waals surface area contributed by atoms with Crippen LogP contribution < -0.4 is 4.72 Å². The highest BCUT2D eigenvalue weighted by Gasteiger charge is 2.15. The number of esters is 1. The molecular weight excluding hydrogens is 340 g/mol. The molecule has 0 radical (unpaired) electrons. The van der Waals surface area contributed by atoms with Crippen molar-refractivity contribution in [2.75, 3.05) is 4.72 Å². The van der Waals surface area contributed by atoms with Gasteiger partial charge in [-0.2, -0.15) is 0 Å². The second-order valence-corrected chi connectivity index (χ2v) is 7.02. The molecular formula is C15H15ClN2O4S. The van der Waals surface area contributed by atoms with E-state index in [1.807, 2.05) is 0 Å². The first kappa shape index (κ1) is 17.2. The minimum Gasteiger partial charge on any atom is -0.459 e. The van der Waals surface area contributed by atoms with E-state index in [1.165, 1.54) is 42.6 Å². The minimum absolute atomic E-state index is 0.00908. The first-order chi connectivity index (χ1) is 10.8. The molecule has 0 aliphatic rings. The molecule has 0 spiro atoms. The van der Waals surface area contributed by atoms with Gasteiger partial charge in [-0.25, -0.2) is 18.2 Å². The predicted molar refractivity (Wildman–Crippen MR) is 87.0 cm³/mol. The molecule has 2 aromatic rings. The molecule has 23 heavy (non-hydrogen) atoms. The van der Waals surface area contributed by atoms with Gasteiger partial charge in [-0.15, -0.1) is 0 Å². The summed E-state index contributed by atoms with van der Waals surface area (Å²) in [5.41, 5.74) is 0.663. The van der Waals surface area contributed by atoms with Gasteiger partial charge in [-0.05, 0) is 50.2 Å². The van der Waals surface area contributed by atoms with E-state index in [1.54, 1.807) is 13.8 Å². The first-order valence-corrected chi connectivity index (χ1v) is 8.59. The molecule has 0 saturated heterocycles. The molecule has 122 valence electrons. The Balaban J connectivity index is 2.14. The number of aromatic nitrogens is 1. The molecule has 0 atom stereocenters. The van der Waals surface area contributed by atoms with Crippen molar-refractivity contribution in [3.63, 3.8) is 0 Å². The van der Waals surface area contributed by atoms with Crippen LogP contribution in [0.1, 0.15) is 24.2 Å². The van der Waals surface area contributed by atoms with E-state index in [0.29, 0.717) is 11.3 Å². The van der Waals surface area contributed by atoms with Crippen LogP contribution in [0.3, 0.4) is 0 Å². The number of hydrogen-bond donors (Lipinski definition) is 1. The highest BCUT2D eigenvalue weighted by molar-refractivity contribution is 7.92. The zero-order valence-corrected chi connectivity index (χ0v) is 14.1. The summed E-state index contributed by atoms with van der Waals surface area (Å²) >= 11 is 5.63. The average molecular weight is 355 g/mol. The third kappa shape index (κ3) is 4.67. The van der Waals surface area contributed by atoms with Crippen LogP contribution in [0.15, 0.2) is 47.5 Å². The number of carbonyl (C=O) groups is 1. The van der Waals surface area contributed by atoms with Crippen molar-refractivity contribution < 1.29 is 17.9 Å². The molecule has 1 aromatic carbocycles. The Morgan fingerprint density at radius 1 is 1.17 bits per heavy atom. The minimum atomic E-state index is -3.77. The molecule has 0 fully saturated rings. The first-order valence-electron chi connectivity index (χ1n) is 6.73. The summed E-state index contributed by atoms with van der Waals surface area (Å²) in [6.45, 7) is 3.50. The number of benzene rings is 1. The predicted octanol–water partition coefficient (Wildman–Crippen LogP) is 3.10. The van der Waals surface area contributed by atoms with Crippen molar-refractivity contribution in [3.8, 4) is 0 Å².